The Labute approximate surface area is 177 Å². The highest BCUT2D eigenvalue weighted by Gasteiger charge is 2.23. The van der Waals surface area contributed by atoms with Crippen molar-refractivity contribution >= 4 is 23.3 Å². The average molecular weight is 418 g/mol. The molecule has 3 rings (SSSR count). The monoisotopic (exact) mass is 417 g/mol. The highest BCUT2D eigenvalue weighted by atomic mass is 35.5. The van der Waals surface area contributed by atoms with Gasteiger partial charge in [-0.2, -0.15) is 0 Å². The fourth-order valence-electron chi connectivity index (χ4n) is 3.91. The Hall–Kier alpha value is -2.24. The molecule has 1 N–H and O–H groups in total. The van der Waals surface area contributed by atoms with Crippen LogP contribution in [0.15, 0.2) is 42.5 Å². The van der Waals surface area contributed by atoms with E-state index in [1.54, 1.807) is 6.92 Å². The second-order valence-corrected chi connectivity index (χ2v) is 7.61. The minimum absolute atomic E-state index is 0.0819. The van der Waals surface area contributed by atoms with Crippen LogP contribution in [-0.4, -0.2) is 43.5 Å². The third kappa shape index (κ3) is 5.87. The van der Waals surface area contributed by atoms with Crippen molar-refractivity contribution in [1.29, 1.82) is 0 Å². The van der Waals surface area contributed by atoms with Crippen LogP contribution in [0.2, 0.25) is 5.02 Å². The molecular weight excluding hydrogens is 390 g/mol. The van der Waals surface area contributed by atoms with Crippen LogP contribution in [0.4, 0.5) is 5.69 Å². The minimum Gasteiger partial charge on any atom is -0.482 e. The van der Waals surface area contributed by atoms with E-state index in [0.29, 0.717) is 23.9 Å². The fraction of sp³-hybridized carbons (Fsp3) is 0.435. The van der Waals surface area contributed by atoms with Crippen LogP contribution < -0.4 is 9.64 Å². The molecule has 0 spiro atoms. The first-order valence-corrected chi connectivity index (χ1v) is 10.5. The van der Waals surface area contributed by atoms with Crippen molar-refractivity contribution in [3.63, 3.8) is 0 Å². The zero-order valence-electron chi connectivity index (χ0n) is 16.8. The van der Waals surface area contributed by atoms with Gasteiger partial charge in [0.1, 0.15) is 5.75 Å². The van der Waals surface area contributed by atoms with E-state index in [1.165, 1.54) is 11.1 Å². The molecule has 2 aromatic rings. The molecule has 29 heavy (non-hydrogen) atoms. The lowest BCUT2D eigenvalue weighted by Gasteiger charge is -2.33. The smallest absolute Gasteiger partial charge is 0.344 e. The Kier molecular flexibility index (Phi) is 7.78. The Morgan fingerprint density at radius 1 is 1.24 bits per heavy atom. The SMILES string of the molecule is CCOC(=O)COc1ccc2c(c1)C[C@H](N(CCO)c1cccc(Cl)c1)CCC2. The lowest BCUT2D eigenvalue weighted by atomic mass is 10.00. The maximum absolute atomic E-state index is 11.6. The summed E-state index contributed by atoms with van der Waals surface area (Å²) in [4.78, 5) is 13.8. The molecule has 0 heterocycles. The van der Waals surface area contributed by atoms with Gasteiger partial charge in [0, 0.05) is 23.3 Å². The quantitative estimate of drug-likeness (QED) is 0.519. The van der Waals surface area contributed by atoms with Gasteiger partial charge in [-0.25, -0.2) is 4.79 Å². The molecule has 0 aliphatic heterocycles. The third-order valence-electron chi connectivity index (χ3n) is 5.20. The molecule has 156 valence electrons. The molecule has 0 bridgehead atoms. The van der Waals surface area contributed by atoms with Gasteiger partial charge in [-0.15, -0.1) is 0 Å². The summed E-state index contributed by atoms with van der Waals surface area (Å²) >= 11 is 6.20. The van der Waals surface area contributed by atoms with E-state index < -0.39 is 0 Å². The Bertz CT molecular complexity index is 826. The van der Waals surface area contributed by atoms with Gasteiger partial charge in [-0.05, 0) is 74.1 Å². The van der Waals surface area contributed by atoms with E-state index >= 15 is 0 Å². The van der Waals surface area contributed by atoms with Crippen LogP contribution in [0.1, 0.15) is 30.9 Å². The summed E-state index contributed by atoms with van der Waals surface area (Å²) in [6.45, 7) is 2.67. The van der Waals surface area contributed by atoms with E-state index in [0.717, 1.165) is 31.4 Å². The Morgan fingerprint density at radius 3 is 2.86 bits per heavy atom. The van der Waals surface area contributed by atoms with Crippen LogP contribution in [0.3, 0.4) is 0 Å². The first-order chi connectivity index (χ1) is 14.1. The highest BCUT2D eigenvalue weighted by molar-refractivity contribution is 6.30. The number of carbonyl (C=O) groups excluding carboxylic acids is 1. The summed E-state index contributed by atoms with van der Waals surface area (Å²) in [7, 11) is 0. The molecule has 1 aliphatic carbocycles. The molecule has 0 aromatic heterocycles. The first kappa shape index (κ1) is 21.5. The standard InChI is InChI=1S/C23H28ClNO4/c1-2-28-23(27)16-29-22-10-9-17-5-3-7-20(13-18(17)14-22)25(11-12-26)21-8-4-6-19(24)15-21/h4,6,8-10,14-15,20,26H,2-3,5,7,11-13,16H2,1H3/t20-/m1/s1. The van der Waals surface area contributed by atoms with Crippen molar-refractivity contribution in [2.75, 3.05) is 31.3 Å². The number of carbonyl (C=O) groups is 1. The van der Waals surface area contributed by atoms with E-state index in [4.69, 9.17) is 21.1 Å². The largest absolute Gasteiger partial charge is 0.482 e. The molecule has 0 saturated heterocycles. The maximum atomic E-state index is 11.6. The number of nitrogens with zero attached hydrogens (tertiary/aromatic N) is 1. The summed E-state index contributed by atoms with van der Waals surface area (Å²) in [5.41, 5.74) is 3.56. The first-order valence-electron chi connectivity index (χ1n) is 10.1. The summed E-state index contributed by atoms with van der Waals surface area (Å²) in [6.07, 6.45) is 3.95. The summed E-state index contributed by atoms with van der Waals surface area (Å²) in [5, 5.41) is 10.3. The molecule has 0 amide bonds. The van der Waals surface area contributed by atoms with Crippen LogP contribution in [0, 0.1) is 0 Å². The number of benzene rings is 2. The molecule has 1 atom stereocenters. The number of esters is 1. The molecule has 1 aliphatic rings. The second-order valence-electron chi connectivity index (χ2n) is 7.17. The van der Waals surface area contributed by atoms with Gasteiger partial charge in [0.2, 0.25) is 0 Å². The number of aliphatic hydroxyl groups excluding tert-OH is 1. The van der Waals surface area contributed by atoms with Crippen molar-refractivity contribution in [3.05, 3.63) is 58.6 Å². The average Bonchev–Trinajstić information content (AvgIpc) is 2.92. The third-order valence-corrected chi connectivity index (χ3v) is 5.44. The molecule has 0 fully saturated rings. The van der Waals surface area contributed by atoms with Gasteiger partial charge in [0.15, 0.2) is 6.61 Å². The van der Waals surface area contributed by atoms with Crippen LogP contribution in [0.25, 0.3) is 0 Å². The molecule has 5 nitrogen and oxygen atoms in total. The van der Waals surface area contributed by atoms with Crippen LogP contribution in [0.5, 0.6) is 5.75 Å². The number of ether oxygens (including phenoxy) is 2. The number of hydrogen-bond acceptors (Lipinski definition) is 5. The second kappa shape index (κ2) is 10.5. The van der Waals surface area contributed by atoms with Crippen LogP contribution in [-0.2, 0) is 22.4 Å². The van der Waals surface area contributed by atoms with E-state index in [-0.39, 0.29) is 25.2 Å². The molecular formula is C23H28ClNO4. The number of aliphatic hydroxyl groups is 1. The van der Waals surface area contributed by atoms with Crippen molar-refractivity contribution in [2.24, 2.45) is 0 Å². The van der Waals surface area contributed by atoms with E-state index in [9.17, 15) is 9.90 Å². The lowest BCUT2D eigenvalue weighted by molar-refractivity contribution is -0.145. The topological polar surface area (TPSA) is 59.0 Å². The predicted molar refractivity (Wildman–Crippen MR) is 115 cm³/mol. The Balaban J connectivity index is 1.78. The van der Waals surface area contributed by atoms with Crippen LogP contribution >= 0.6 is 11.6 Å². The van der Waals surface area contributed by atoms with E-state index in [2.05, 4.69) is 11.0 Å². The molecule has 6 heteroatoms. The normalized spacial score (nSPS) is 15.9. The van der Waals surface area contributed by atoms with Crippen molar-refractivity contribution in [2.45, 2.75) is 38.6 Å². The van der Waals surface area contributed by atoms with Gasteiger partial charge < -0.3 is 19.5 Å². The highest BCUT2D eigenvalue weighted by Crippen LogP contribution is 2.30. The molecule has 2 aromatic carbocycles. The van der Waals surface area contributed by atoms with E-state index in [1.807, 2.05) is 36.4 Å². The molecule has 0 radical (unpaired) electrons. The van der Waals surface area contributed by atoms with Gasteiger partial charge >= 0.3 is 5.97 Å². The predicted octanol–water partition coefficient (Wildman–Crippen LogP) is 4.03. The number of hydrogen-bond donors (Lipinski definition) is 1. The van der Waals surface area contributed by atoms with Gasteiger partial charge in [0.05, 0.1) is 13.2 Å². The molecule has 0 saturated carbocycles. The number of rotatable bonds is 8. The van der Waals surface area contributed by atoms with Crippen molar-refractivity contribution < 1.29 is 19.4 Å². The zero-order chi connectivity index (χ0) is 20.6. The van der Waals surface area contributed by atoms with Gasteiger partial charge in [-0.3, -0.25) is 0 Å². The zero-order valence-corrected chi connectivity index (χ0v) is 17.5. The lowest BCUT2D eigenvalue weighted by Crippen LogP contribution is -2.38. The number of halogens is 1. The van der Waals surface area contributed by atoms with Crippen molar-refractivity contribution in [3.8, 4) is 5.75 Å². The Morgan fingerprint density at radius 2 is 2.10 bits per heavy atom. The number of anilines is 1. The fourth-order valence-corrected chi connectivity index (χ4v) is 4.09. The van der Waals surface area contributed by atoms with Gasteiger partial charge in [-0.1, -0.05) is 23.7 Å². The summed E-state index contributed by atoms with van der Waals surface area (Å²) in [6, 6.07) is 14.1. The number of aryl methyl sites for hydroxylation is 1. The van der Waals surface area contributed by atoms with Gasteiger partial charge in [0.25, 0.3) is 0 Å². The summed E-state index contributed by atoms with van der Waals surface area (Å²) in [5.74, 6) is 0.310. The van der Waals surface area contributed by atoms with Crippen molar-refractivity contribution in [1.82, 2.24) is 0 Å². The molecule has 0 unspecified atom stereocenters. The maximum Gasteiger partial charge on any atom is 0.344 e. The minimum atomic E-state index is -0.365. The summed E-state index contributed by atoms with van der Waals surface area (Å²) < 4.78 is 10.6. The number of fused-ring (bicyclic) bond motifs is 1.